The maximum Gasteiger partial charge on any atom is 0.337 e. The van der Waals surface area contributed by atoms with Crippen molar-refractivity contribution in [2.45, 2.75) is 0 Å². The van der Waals surface area contributed by atoms with Gasteiger partial charge in [-0.2, -0.15) is 0 Å². The van der Waals surface area contributed by atoms with E-state index in [1.807, 2.05) is 36.9 Å². The van der Waals surface area contributed by atoms with Crippen molar-refractivity contribution in [3.8, 4) is 11.5 Å². The Bertz CT molecular complexity index is 1090. The van der Waals surface area contributed by atoms with Crippen LogP contribution in [-0.4, -0.2) is 27.2 Å². The molecule has 0 atom stereocenters. The molecule has 0 fully saturated rings. The van der Waals surface area contributed by atoms with Crippen LogP contribution in [0.5, 0.6) is 0 Å². The predicted molar refractivity (Wildman–Crippen MR) is 94.0 cm³/mol. The van der Waals surface area contributed by atoms with Crippen LogP contribution in [0.1, 0.15) is 10.4 Å². The van der Waals surface area contributed by atoms with E-state index < -0.39 is 0 Å². The van der Waals surface area contributed by atoms with Crippen molar-refractivity contribution in [2.24, 2.45) is 14.1 Å². The van der Waals surface area contributed by atoms with Gasteiger partial charge in [-0.1, -0.05) is 18.2 Å². The number of aryl methyl sites for hydroxylation is 2. The maximum absolute atomic E-state index is 11.7. The average Bonchev–Trinajstić information content (AvgIpc) is 3.11. The number of imidazole rings is 1. The number of carbonyl (C=O) groups is 1. The first kappa shape index (κ1) is 14.5. The molecule has 0 amide bonds. The Hall–Kier alpha value is -3.08. The summed E-state index contributed by atoms with van der Waals surface area (Å²) in [5.74, 6) is 0.513. The van der Waals surface area contributed by atoms with Gasteiger partial charge in [0.05, 0.1) is 29.4 Å². The van der Waals surface area contributed by atoms with Crippen molar-refractivity contribution in [1.82, 2.24) is 14.1 Å². The van der Waals surface area contributed by atoms with E-state index in [0.29, 0.717) is 5.56 Å². The molecular formula is C19H17N3O2. The highest BCUT2D eigenvalue weighted by molar-refractivity contribution is 5.95. The number of hydrogen-bond acceptors (Lipinski definition) is 3. The first-order valence-corrected chi connectivity index (χ1v) is 7.70. The summed E-state index contributed by atoms with van der Waals surface area (Å²) in [5.41, 5.74) is 4.46. The zero-order chi connectivity index (χ0) is 16.8. The lowest BCUT2D eigenvalue weighted by Crippen LogP contribution is -2.00. The van der Waals surface area contributed by atoms with Crippen molar-refractivity contribution < 1.29 is 9.53 Å². The van der Waals surface area contributed by atoms with Gasteiger partial charge in [-0.15, -0.1) is 0 Å². The summed E-state index contributed by atoms with van der Waals surface area (Å²) in [6, 6.07) is 15.8. The second-order valence-electron chi connectivity index (χ2n) is 5.84. The van der Waals surface area contributed by atoms with Gasteiger partial charge in [0.25, 0.3) is 0 Å². The fraction of sp³-hybridized carbons (Fsp3) is 0.158. The molecule has 0 N–H and O–H groups in total. The number of fused-ring (bicyclic) bond motifs is 2. The van der Waals surface area contributed by atoms with E-state index in [2.05, 4.69) is 22.8 Å². The topological polar surface area (TPSA) is 49.0 Å². The van der Waals surface area contributed by atoms with Gasteiger partial charge in [0.2, 0.25) is 0 Å². The molecule has 0 bridgehead atoms. The zero-order valence-corrected chi connectivity index (χ0v) is 13.8. The highest BCUT2D eigenvalue weighted by Crippen LogP contribution is 2.29. The number of methoxy groups -OCH3 is 1. The van der Waals surface area contributed by atoms with Crippen LogP contribution >= 0.6 is 0 Å². The number of carbonyl (C=O) groups excluding carboxylic acids is 1. The van der Waals surface area contributed by atoms with Crippen molar-refractivity contribution >= 4 is 27.9 Å². The van der Waals surface area contributed by atoms with E-state index in [1.165, 1.54) is 12.5 Å². The summed E-state index contributed by atoms with van der Waals surface area (Å²) in [6.45, 7) is 0. The Morgan fingerprint density at radius 2 is 1.79 bits per heavy atom. The molecule has 0 radical (unpaired) electrons. The normalized spacial score (nSPS) is 11.3. The molecule has 0 aliphatic carbocycles. The summed E-state index contributed by atoms with van der Waals surface area (Å²) in [6.07, 6.45) is 0. The zero-order valence-electron chi connectivity index (χ0n) is 13.8. The van der Waals surface area contributed by atoms with Crippen LogP contribution in [0.3, 0.4) is 0 Å². The van der Waals surface area contributed by atoms with Gasteiger partial charge in [0.15, 0.2) is 5.82 Å². The number of nitrogens with zero attached hydrogens (tertiary/aromatic N) is 3. The molecule has 0 aliphatic heterocycles. The van der Waals surface area contributed by atoms with Gasteiger partial charge in [0, 0.05) is 25.0 Å². The summed E-state index contributed by atoms with van der Waals surface area (Å²) in [7, 11) is 5.41. The summed E-state index contributed by atoms with van der Waals surface area (Å²) < 4.78 is 8.97. The van der Waals surface area contributed by atoms with Crippen LogP contribution in [0.15, 0.2) is 48.5 Å². The SMILES string of the molecule is COC(=O)c1ccc2c(c1)nc(-c1cc3ccccc3n1C)n2C. The molecule has 2 aromatic heterocycles. The van der Waals surface area contributed by atoms with Crippen LogP contribution in [0.25, 0.3) is 33.5 Å². The van der Waals surface area contributed by atoms with E-state index in [1.54, 1.807) is 12.1 Å². The van der Waals surface area contributed by atoms with Crippen LogP contribution in [-0.2, 0) is 18.8 Å². The molecule has 5 nitrogen and oxygen atoms in total. The smallest absolute Gasteiger partial charge is 0.337 e. The van der Waals surface area contributed by atoms with Crippen molar-refractivity contribution in [1.29, 1.82) is 0 Å². The standard InChI is InChI=1S/C19H17N3O2/c1-21-15-7-5-4-6-12(15)11-17(21)18-20-14-10-13(19(23)24-3)8-9-16(14)22(18)2/h4-11H,1-3H3. The van der Waals surface area contributed by atoms with Gasteiger partial charge in [0.1, 0.15) is 0 Å². The highest BCUT2D eigenvalue weighted by Gasteiger charge is 2.16. The van der Waals surface area contributed by atoms with Crippen molar-refractivity contribution in [2.75, 3.05) is 7.11 Å². The van der Waals surface area contributed by atoms with E-state index >= 15 is 0 Å². The van der Waals surface area contributed by atoms with Gasteiger partial charge in [-0.05, 0) is 30.3 Å². The van der Waals surface area contributed by atoms with Crippen LogP contribution < -0.4 is 0 Å². The minimum absolute atomic E-state index is 0.353. The highest BCUT2D eigenvalue weighted by atomic mass is 16.5. The van der Waals surface area contributed by atoms with Crippen molar-refractivity contribution in [3.63, 3.8) is 0 Å². The van der Waals surface area contributed by atoms with Gasteiger partial charge in [-0.3, -0.25) is 0 Å². The molecule has 0 aliphatic rings. The number of benzene rings is 2. The monoisotopic (exact) mass is 319 g/mol. The second-order valence-corrected chi connectivity index (χ2v) is 5.84. The summed E-state index contributed by atoms with van der Waals surface area (Å²) >= 11 is 0. The molecule has 0 unspecified atom stereocenters. The molecule has 0 saturated carbocycles. The molecular weight excluding hydrogens is 302 g/mol. The molecule has 5 heteroatoms. The third-order valence-electron chi connectivity index (χ3n) is 4.48. The fourth-order valence-electron chi connectivity index (χ4n) is 3.18. The lowest BCUT2D eigenvalue weighted by atomic mass is 10.2. The average molecular weight is 319 g/mol. The van der Waals surface area contributed by atoms with E-state index in [4.69, 9.17) is 9.72 Å². The Morgan fingerprint density at radius 1 is 1.00 bits per heavy atom. The van der Waals surface area contributed by atoms with Gasteiger partial charge >= 0.3 is 5.97 Å². The molecule has 24 heavy (non-hydrogen) atoms. The fourth-order valence-corrected chi connectivity index (χ4v) is 3.18. The number of ether oxygens (including phenoxy) is 1. The third-order valence-corrected chi connectivity index (χ3v) is 4.48. The lowest BCUT2D eigenvalue weighted by molar-refractivity contribution is 0.0601. The lowest BCUT2D eigenvalue weighted by Gasteiger charge is -2.04. The Balaban J connectivity index is 1.94. The first-order valence-electron chi connectivity index (χ1n) is 7.70. The Labute approximate surface area is 139 Å². The largest absolute Gasteiger partial charge is 0.465 e. The van der Waals surface area contributed by atoms with Crippen LogP contribution in [0, 0.1) is 0 Å². The van der Waals surface area contributed by atoms with Crippen LogP contribution in [0.2, 0.25) is 0 Å². The molecule has 4 rings (SSSR count). The molecule has 2 aromatic carbocycles. The molecule has 4 aromatic rings. The molecule has 2 heterocycles. The number of hydrogen-bond donors (Lipinski definition) is 0. The second kappa shape index (κ2) is 5.23. The van der Waals surface area contributed by atoms with E-state index in [0.717, 1.165) is 28.1 Å². The third kappa shape index (κ3) is 2.01. The van der Waals surface area contributed by atoms with Crippen LogP contribution in [0.4, 0.5) is 0 Å². The maximum atomic E-state index is 11.7. The number of para-hydroxylation sites is 1. The molecule has 0 saturated heterocycles. The van der Waals surface area contributed by atoms with E-state index in [9.17, 15) is 4.79 Å². The number of aromatic nitrogens is 3. The minimum Gasteiger partial charge on any atom is -0.465 e. The van der Waals surface area contributed by atoms with E-state index in [-0.39, 0.29) is 5.97 Å². The predicted octanol–water partition coefficient (Wildman–Crippen LogP) is 3.52. The summed E-state index contributed by atoms with van der Waals surface area (Å²) in [5, 5.41) is 1.18. The minimum atomic E-state index is -0.353. The quantitative estimate of drug-likeness (QED) is 0.531. The number of esters is 1. The Morgan fingerprint density at radius 3 is 2.54 bits per heavy atom. The van der Waals surface area contributed by atoms with Gasteiger partial charge < -0.3 is 13.9 Å². The molecule has 0 spiro atoms. The molecule has 120 valence electrons. The first-order chi connectivity index (χ1) is 11.6. The van der Waals surface area contributed by atoms with Gasteiger partial charge in [-0.25, -0.2) is 9.78 Å². The Kier molecular flexibility index (Phi) is 3.16. The number of rotatable bonds is 2. The van der Waals surface area contributed by atoms with Crippen molar-refractivity contribution in [3.05, 3.63) is 54.1 Å². The summed E-state index contributed by atoms with van der Waals surface area (Å²) in [4.78, 5) is 16.5.